The van der Waals surface area contributed by atoms with Crippen LogP contribution in [-0.2, 0) is 0 Å². The molecule has 0 aliphatic rings. The number of aromatic amines is 2. The fourth-order valence-corrected chi connectivity index (χ4v) is 2.12. The van der Waals surface area contributed by atoms with Gasteiger partial charge in [-0.3, -0.25) is 10.2 Å². The van der Waals surface area contributed by atoms with Crippen LogP contribution in [0.25, 0.3) is 22.5 Å². The highest BCUT2D eigenvalue weighted by Crippen LogP contribution is 2.34. The maximum Gasteiger partial charge on any atom is 0.153 e. The first kappa shape index (κ1) is 12.3. The normalized spacial score (nSPS) is 10.7. The van der Waals surface area contributed by atoms with E-state index in [4.69, 9.17) is 10.5 Å². The van der Waals surface area contributed by atoms with Gasteiger partial charge < -0.3 is 10.5 Å². The van der Waals surface area contributed by atoms with E-state index in [0.29, 0.717) is 12.4 Å². The molecule has 3 rings (SSSR count). The van der Waals surface area contributed by atoms with Crippen LogP contribution < -0.4 is 10.5 Å². The first-order chi connectivity index (χ1) is 9.79. The molecular weight excluding hydrogens is 254 g/mol. The van der Waals surface area contributed by atoms with E-state index in [1.165, 1.54) is 0 Å². The minimum absolute atomic E-state index is 0.457. The van der Waals surface area contributed by atoms with Gasteiger partial charge in [-0.2, -0.15) is 10.2 Å². The fourth-order valence-electron chi connectivity index (χ4n) is 2.12. The van der Waals surface area contributed by atoms with Crippen molar-refractivity contribution >= 4 is 5.82 Å². The van der Waals surface area contributed by atoms with Gasteiger partial charge in [0.05, 0.1) is 23.6 Å². The predicted octanol–water partition coefficient (Wildman–Crippen LogP) is 2.45. The van der Waals surface area contributed by atoms with E-state index in [2.05, 4.69) is 20.4 Å². The van der Waals surface area contributed by atoms with Crippen molar-refractivity contribution in [2.24, 2.45) is 0 Å². The Balaban J connectivity index is 2.03. The summed E-state index contributed by atoms with van der Waals surface area (Å²) in [6.07, 6.45) is 1.69. The van der Waals surface area contributed by atoms with Crippen molar-refractivity contribution in [3.8, 4) is 28.3 Å². The lowest BCUT2D eigenvalue weighted by Gasteiger charge is -2.06. The van der Waals surface area contributed by atoms with Crippen molar-refractivity contribution in [1.29, 1.82) is 0 Å². The molecule has 0 aliphatic carbocycles. The number of rotatable bonds is 4. The summed E-state index contributed by atoms with van der Waals surface area (Å²) in [5, 5.41) is 13.9. The van der Waals surface area contributed by atoms with Crippen LogP contribution in [0, 0.1) is 0 Å². The van der Waals surface area contributed by atoms with Crippen LogP contribution >= 0.6 is 0 Å². The summed E-state index contributed by atoms with van der Waals surface area (Å²) >= 11 is 0. The summed E-state index contributed by atoms with van der Waals surface area (Å²) in [6.45, 7) is 2.60. The Morgan fingerprint density at radius 3 is 2.60 bits per heavy atom. The Morgan fingerprint density at radius 2 is 1.95 bits per heavy atom. The van der Waals surface area contributed by atoms with Gasteiger partial charge in [-0.15, -0.1) is 0 Å². The Hall–Kier alpha value is -2.76. The van der Waals surface area contributed by atoms with E-state index in [9.17, 15) is 0 Å². The van der Waals surface area contributed by atoms with E-state index < -0.39 is 0 Å². The smallest absolute Gasteiger partial charge is 0.153 e. The van der Waals surface area contributed by atoms with Crippen LogP contribution in [-0.4, -0.2) is 27.0 Å². The summed E-state index contributed by atoms with van der Waals surface area (Å²) in [7, 11) is 0. The molecule has 0 atom stereocenters. The lowest BCUT2D eigenvalue weighted by molar-refractivity contribution is 0.340. The van der Waals surface area contributed by atoms with Crippen molar-refractivity contribution in [1.82, 2.24) is 20.4 Å². The molecule has 0 fully saturated rings. The van der Waals surface area contributed by atoms with Crippen LogP contribution in [0.4, 0.5) is 5.82 Å². The number of aromatic nitrogens is 4. The maximum atomic E-state index is 5.97. The van der Waals surface area contributed by atoms with Gasteiger partial charge in [0.25, 0.3) is 0 Å². The highest BCUT2D eigenvalue weighted by molar-refractivity contribution is 5.86. The quantitative estimate of drug-likeness (QED) is 0.678. The molecular formula is C14H15N5O. The van der Waals surface area contributed by atoms with Gasteiger partial charge in [0, 0.05) is 6.20 Å². The Morgan fingerprint density at radius 1 is 1.15 bits per heavy atom. The summed E-state index contributed by atoms with van der Waals surface area (Å²) in [4.78, 5) is 0. The van der Waals surface area contributed by atoms with Gasteiger partial charge >= 0.3 is 0 Å². The van der Waals surface area contributed by atoms with Gasteiger partial charge in [0.15, 0.2) is 5.82 Å². The van der Waals surface area contributed by atoms with Gasteiger partial charge in [-0.1, -0.05) is 12.1 Å². The zero-order valence-electron chi connectivity index (χ0n) is 11.1. The Bertz CT molecular complexity index is 685. The minimum atomic E-state index is 0.457. The molecule has 0 spiro atoms. The number of H-pyrrole nitrogens is 2. The number of hydrogen-bond donors (Lipinski definition) is 3. The molecule has 2 aromatic heterocycles. The number of benzene rings is 1. The molecule has 0 aliphatic heterocycles. The number of nitrogens with zero attached hydrogens (tertiary/aromatic N) is 2. The molecule has 0 amide bonds. The predicted molar refractivity (Wildman–Crippen MR) is 77.2 cm³/mol. The third-order valence-electron chi connectivity index (χ3n) is 3.02. The third kappa shape index (κ3) is 2.11. The van der Waals surface area contributed by atoms with Crippen LogP contribution in [0.1, 0.15) is 6.92 Å². The fraction of sp³-hybridized carbons (Fsp3) is 0.143. The first-order valence-corrected chi connectivity index (χ1v) is 6.36. The molecule has 20 heavy (non-hydrogen) atoms. The van der Waals surface area contributed by atoms with Crippen LogP contribution in [0.2, 0.25) is 0 Å². The minimum Gasteiger partial charge on any atom is -0.494 e. The van der Waals surface area contributed by atoms with E-state index in [1.807, 2.05) is 37.3 Å². The summed E-state index contributed by atoms with van der Waals surface area (Å²) in [6, 6.07) is 9.63. The van der Waals surface area contributed by atoms with Crippen molar-refractivity contribution < 1.29 is 4.74 Å². The Labute approximate surface area is 116 Å². The lowest BCUT2D eigenvalue weighted by atomic mass is 10.0. The topological polar surface area (TPSA) is 92.6 Å². The highest BCUT2D eigenvalue weighted by atomic mass is 16.5. The van der Waals surface area contributed by atoms with Gasteiger partial charge in [0.2, 0.25) is 0 Å². The second kappa shape index (κ2) is 5.08. The zero-order valence-corrected chi connectivity index (χ0v) is 11.1. The average Bonchev–Trinajstić information content (AvgIpc) is 3.09. The van der Waals surface area contributed by atoms with Crippen molar-refractivity contribution in [2.75, 3.05) is 12.3 Å². The molecule has 0 bridgehead atoms. The number of nitrogens with one attached hydrogen (secondary N) is 2. The monoisotopic (exact) mass is 269 g/mol. The second-order valence-electron chi connectivity index (χ2n) is 4.29. The SMILES string of the molecule is CCOc1ccc(-c2c(N)n[nH]c2-c2ccn[nH]2)cc1. The van der Waals surface area contributed by atoms with E-state index >= 15 is 0 Å². The standard InChI is InChI=1S/C14H15N5O/c1-2-20-10-5-3-9(4-6-10)12-13(18-19-14(12)15)11-7-8-16-17-11/h3-8H,2H2,1H3,(H,16,17)(H3,15,18,19). The molecule has 4 N–H and O–H groups in total. The van der Waals surface area contributed by atoms with Gasteiger partial charge in [-0.25, -0.2) is 0 Å². The number of nitrogens with two attached hydrogens (primary N) is 1. The third-order valence-corrected chi connectivity index (χ3v) is 3.02. The van der Waals surface area contributed by atoms with Crippen molar-refractivity contribution in [3.63, 3.8) is 0 Å². The summed E-state index contributed by atoms with van der Waals surface area (Å²) in [5.74, 6) is 1.29. The van der Waals surface area contributed by atoms with Gasteiger partial charge in [-0.05, 0) is 30.7 Å². The molecule has 6 nitrogen and oxygen atoms in total. The molecule has 0 saturated carbocycles. The molecule has 1 aromatic carbocycles. The second-order valence-corrected chi connectivity index (χ2v) is 4.29. The van der Waals surface area contributed by atoms with Gasteiger partial charge in [0.1, 0.15) is 5.75 Å². The molecule has 0 unspecified atom stereocenters. The van der Waals surface area contributed by atoms with Crippen molar-refractivity contribution in [2.45, 2.75) is 6.92 Å². The van der Waals surface area contributed by atoms with E-state index in [1.54, 1.807) is 6.20 Å². The molecule has 3 aromatic rings. The number of hydrogen-bond acceptors (Lipinski definition) is 4. The average molecular weight is 269 g/mol. The lowest BCUT2D eigenvalue weighted by Crippen LogP contribution is -1.92. The molecule has 0 radical (unpaired) electrons. The number of nitrogen functional groups attached to an aromatic ring is 1. The molecule has 2 heterocycles. The van der Waals surface area contributed by atoms with Crippen molar-refractivity contribution in [3.05, 3.63) is 36.5 Å². The number of ether oxygens (including phenoxy) is 1. The summed E-state index contributed by atoms with van der Waals surface area (Å²) in [5.41, 5.74) is 9.47. The highest BCUT2D eigenvalue weighted by Gasteiger charge is 2.15. The van der Waals surface area contributed by atoms with Crippen LogP contribution in [0.15, 0.2) is 36.5 Å². The first-order valence-electron chi connectivity index (χ1n) is 6.36. The number of anilines is 1. The largest absolute Gasteiger partial charge is 0.494 e. The molecule has 6 heteroatoms. The van der Waals surface area contributed by atoms with E-state index in [0.717, 1.165) is 28.3 Å². The van der Waals surface area contributed by atoms with Crippen LogP contribution in [0.3, 0.4) is 0 Å². The van der Waals surface area contributed by atoms with E-state index in [-0.39, 0.29) is 0 Å². The van der Waals surface area contributed by atoms with Crippen LogP contribution in [0.5, 0.6) is 5.75 Å². The Kier molecular flexibility index (Phi) is 3.12. The summed E-state index contributed by atoms with van der Waals surface area (Å²) < 4.78 is 5.44. The maximum absolute atomic E-state index is 5.97. The molecule has 102 valence electrons. The molecule has 0 saturated heterocycles. The zero-order chi connectivity index (χ0) is 13.9.